The van der Waals surface area contributed by atoms with Gasteiger partial charge in [0.15, 0.2) is 5.17 Å². The van der Waals surface area contributed by atoms with Gasteiger partial charge >= 0.3 is 0 Å². The molecular weight excluding hydrogens is 222 g/mol. The van der Waals surface area contributed by atoms with Gasteiger partial charge < -0.3 is 10.2 Å². The largest absolute Gasteiger partial charge is 0.364 e. The molecule has 0 saturated carbocycles. The SMILES string of the molecule is O=C(CCNC1=NCCCS1)N1CCCC1. The summed E-state index contributed by atoms with van der Waals surface area (Å²) in [5.41, 5.74) is 0. The van der Waals surface area contributed by atoms with Gasteiger partial charge in [0.2, 0.25) is 5.91 Å². The summed E-state index contributed by atoms with van der Waals surface area (Å²) in [5, 5.41) is 4.26. The second kappa shape index (κ2) is 6.13. The van der Waals surface area contributed by atoms with Crippen LogP contribution in [0.2, 0.25) is 0 Å². The number of aliphatic imine (C=N–C) groups is 1. The molecule has 1 N–H and O–H groups in total. The van der Waals surface area contributed by atoms with Gasteiger partial charge in [0, 0.05) is 38.4 Å². The number of nitrogens with zero attached hydrogens (tertiary/aromatic N) is 2. The molecule has 1 amide bonds. The molecule has 0 bridgehead atoms. The van der Waals surface area contributed by atoms with Gasteiger partial charge in [-0.05, 0) is 19.3 Å². The third-order valence-electron chi connectivity index (χ3n) is 2.87. The maximum atomic E-state index is 11.7. The summed E-state index contributed by atoms with van der Waals surface area (Å²) in [6, 6.07) is 0. The van der Waals surface area contributed by atoms with Crippen LogP contribution in [-0.2, 0) is 4.79 Å². The molecule has 1 saturated heterocycles. The summed E-state index contributed by atoms with van der Waals surface area (Å²) in [7, 11) is 0. The molecule has 0 aromatic rings. The van der Waals surface area contributed by atoms with Crippen LogP contribution < -0.4 is 5.32 Å². The van der Waals surface area contributed by atoms with Gasteiger partial charge in [-0.2, -0.15) is 0 Å². The Morgan fingerprint density at radius 2 is 2.19 bits per heavy atom. The summed E-state index contributed by atoms with van der Waals surface area (Å²) in [4.78, 5) is 18.1. The van der Waals surface area contributed by atoms with Gasteiger partial charge in [-0.25, -0.2) is 0 Å². The van der Waals surface area contributed by atoms with Gasteiger partial charge in [0.05, 0.1) is 0 Å². The predicted molar refractivity (Wildman–Crippen MR) is 67.8 cm³/mol. The Balaban J connectivity index is 1.63. The van der Waals surface area contributed by atoms with Gasteiger partial charge in [-0.1, -0.05) is 11.8 Å². The molecule has 0 unspecified atom stereocenters. The van der Waals surface area contributed by atoms with Gasteiger partial charge in [-0.3, -0.25) is 9.79 Å². The highest BCUT2D eigenvalue weighted by molar-refractivity contribution is 8.13. The fourth-order valence-corrected chi connectivity index (χ4v) is 2.82. The van der Waals surface area contributed by atoms with Crippen molar-refractivity contribution in [1.82, 2.24) is 10.2 Å². The van der Waals surface area contributed by atoms with Crippen molar-refractivity contribution in [3.8, 4) is 0 Å². The number of carbonyl (C=O) groups excluding carboxylic acids is 1. The van der Waals surface area contributed by atoms with E-state index in [4.69, 9.17) is 0 Å². The van der Waals surface area contributed by atoms with Crippen molar-refractivity contribution in [2.24, 2.45) is 4.99 Å². The monoisotopic (exact) mass is 241 g/mol. The van der Waals surface area contributed by atoms with Crippen molar-refractivity contribution in [1.29, 1.82) is 0 Å². The molecule has 0 atom stereocenters. The Kier molecular flexibility index (Phi) is 4.51. The normalized spacial score (nSPS) is 20.8. The highest BCUT2D eigenvalue weighted by Gasteiger charge is 2.17. The van der Waals surface area contributed by atoms with Crippen molar-refractivity contribution >= 4 is 22.8 Å². The van der Waals surface area contributed by atoms with Crippen molar-refractivity contribution < 1.29 is 4.79 Å². The van der Waals surface area contributed by atoms with E-state index in [1.807, 2.05) is 4.90 Å². The summed E-state index contributed by atoms with van der Waals surface area (Å²) >= 11 is 1.76. The molecule has 0 aliphatic carbocycles. The Labute approximate surface area is 101 Å². The maximum absolute atomic E-state index is 11.7. The number of amides is 1. The molecule has 0 aromatic heterocycles. The molecule has 1 fully saturated rings. The molecule has 2 heterocycles. The molecule has 0 radical (unpaired) electrons. The van der Waals surface area contributed by atoms with E-state index in [1.165, 1.54) is 19.3 Å². The smallest absolute Gasteiger partial charge is 0.224 e. The fraction of sp³-hybridized carbons (Fsp3) is 0.818. The van der Waals surface area contributed by atoms with Crippen LogP contribution in [0.5, 0.6) is 0 Å². The summed E-state index contributed by atoms with van der Waals surface area (Å²) in [6.45, 7) is 3.56. The number of nitrogens with one attached hydrogen (secondary N) is 1. The highest BCUT2D eigenvalue weighted by atomic mass is 32.2. The number of rotatable bonds is 3. The second-order valence-electron chi connectivity index (χ2n) is 4.15. The number of hydrogen-bond donors (Lipinski definition) is 1. The Hall–Kier alpha value is -0.710. The second-order valence-corrected chi connectivity index (χ2v) is 5.24. The molecular formula is C11H19N3OS. The number of amidine groups is 1. The van der Waals surface area contributed by atoms with Crippen molar-refractivity contribution in [2.75, 3.05) is 31.9 Å². The maximum Gasteiger partial charge on any atom is 0.224 e. The van der Waals surface area contributed by atoms with Crippen LogP contribution in [0.25, 0.3) is 0 Å². The van der Waals surface area contributed by atoms with Crippen molar-refractivity contribution in [3.05, 3.63) is 0 Å². The Morgan fingerprint density at radius 1 is 1.38 bits per heavy atom. The van der Waals surface area contributed by atoms with Gasteiger partial charge in [-0.15, -0.1) is 0 Å². The van der Waals surface area contributed by atoms with Crippen LogP contribution >= 0.6 is 11.8 Å². The van der Waals surface area contributed by atoms with Crippen molar-refractivity contribution in [2.45, 2.75) is 25.7 Å². The number of likely N-dealkylation sites (tertiary alicyclic amines) is 1. The fourth-order valence-electron chi connectivity index (χ4n) is 1.97. The van der Waals surface area contributed by atoms with E-state index in [0.717, 1.165) is 37.1 Å². The average molecular weight is 241 g/mol. The summed E-state index contributed by atoms with van der Waals surface area (Å²) in [6.07, 6.45) is 4.10. The van der Waals surface area contributed by atoms with Crippen LogP contribution in [0.1, 0.15) is 25.7 Å². The molecule has 16 heavy (non-hydrogen) atoms. The van der Waals surface area contributed by atoms with Crippen LogP contribution in [0.3, 0.4) is 0 Å². The lowest BCUT2D eigenvalue weighted by molar-refractivity contribution is -0.129. The van der Waals surface area contributed by atoms with Crippen LogP contribution in [0.15, 0.2) is 4.99 Å². The minimum absolute atomic E-state index is 0.284. The molecule has 5 heteroatoms. The van der Waals surface area contributed by atoms with E-state index in [9.17, 15) is 4.79 Å². The standard InChI is InChI=1S/C11H19N3OS/c15-10(14-7-1-2-8-14)4-6-13-11-12-5-3-9-16-11/h1-9H2,(H,12,13). The lowest BCUT2D eigenvalue weighted by Crippen LogP contribution is -2.32. The van der Waals surface area contributed by atoms with E-state index < -0.39 is 0 Å². The zero-order valence-electron chi connectivity index (χ0n) is 9.57. The Bertz CT molecular complexity index is 274. The lowest BCUT2D eigenvalue weighted by atomic mass is 10.3. The first-order chi connectivity index (χ1) is 7.86. The first-order valence-electron chi connectivity index (χ1n) is 6.05. The molecule has 2 rings (SSSR count). The van der Waals surface area contributed by atoms with Crippen LogP contribution in [0.4, 0.5) is 0 Å². The van der Waals surface area contributed by atoms with Gasteiger partial charge in [0.25, 0.3) is 0 Å². The summed E-state index contributed by atoms with van der Waals surface area (Å²) in [5.74, 6) is 1.43. The lowest BCUT2D eigenvalue weighted by Gasteiger charge is -2.16. The zero-order valence-corrected chi connectivity index (χ0v) is 10.4. The quantitative estimate of drug-likeness (QED) is 0.804. The first kappa shape index (κ1) is 11.8. The first-order valence-corrected chi connectivity index (χ1v) is 7.04. The minimum atomic E-state index is 0.284. The molecule has 2 aliphatic heterocycles. The van der Waals surface area contributed by atoms with E-state index in [1.54, 1.807) is 11.8 Å². The summed E-state index contributed by atoms with van der Waals surface area (Å²) < 4.78 is 0. The molecule has 90 valence electrons. The van der Waals surface area contributed by atoms with Crippen LogP contribution in [0, 0.1) is 0 Å². The number of carbonyl (C=O) groups is 1. The highest BCUT2D eigenvalue weighted by Crippen LogP contribution is 2.11. The molecule has 2 aliphatic rings. The molecule has 0 aromatic carbocycles. The van der Waals surface area contributed by atoms with E-state index >= 15 is 0 Å². The Morgan fingerprint density at radius 3 is 2.88 bits per heavy atom. The van der Waals surface area contributed by atoms with Crippen LogP contribution in [-0.4, -0.2) is 47.9 Å². The number of thioether (sulfide) groups is 1. The van der Waals surface area contributed by atoms with E-state index in [-0.39, 0.29) is 5.91 Å². The topological polar surface area (TPSA) is 44.7 Å². The average Bonchev–Trinajstić information content (AvgIpc) is 2.84. The van der Waals surface area contributed by atoms with Crippen molar-refractivity contribution in [3.63, 3.8) is 0 Å². The predicted octanol–water partition coefficient (Wildman–Crippen LogP) is 1.08. The molecule has 4 nitrogen and oxygen atoms in total. The van der Waals surface area contributed by atoms with E-state index in [2.05, 4.69) is 10.3 Å². The van der Waals surface area contributed by atoms with Gasteiger partial charge in [0.1, 0.15) is 0 Å². The van der Waals surface area contributed by atoms with E-state index in [0.29, 0.717) is 6.42 Å². The molecule has 0 spiro atoms. The third-order valence-corrected chi connectivity index (χ3v) is 3.91. The third kappa shape index (κ3) is 3.40. The number of hydrogen-bond acceptors (Lipinski definition) is 4. The zero-order chi connectivity index (χ0) is 11.2. The minimum Gasteiger partial charge on any atom is -0.364 e.